The van der Waals surface area contributed by atoms with Gasteiger partial charge in [-0.05, 0) is 41.5 Å². The van der Waals surface area contributed by atoms with E-state index >= 15 is 0 Å². The van der Waals surface area contributed by atoms with Crippen molar-refractivity contribution in [3.05, 3.63) is 94.5 Å². The number of ether oxygens (including phenoxy) is 4. The average Bonchev–Trinajstić information content (AvgIpc) is 3.54. The highest BCUT2D eigenvalue weighted by molar-refractivity contribution is 8.32. The lowest BCUT2D eigenvalue weighted by Crippen LogP contribution is -2.58. The summed E-state index contributed by atoms with van der Waals surface area (Å²) in [5.41, 5.74) is 9.37. The topological polar surface area (TPSA) is 361 Å². The SMILES string of the molecule is C=C1SC(c2cnc3c(n2)NC(N2CCOCC2)NC3=O)=C(C(C)(C)O)S1.C=C1SC(c2cnc3nc(N4CCOCC4)[nH]c(=O)c3n2)=C(C(C)(C)O)S1.CC1(C)OC(O)C(=O)c2sc(=S)sc21.Nc1nc(N2CCOCC2)[nH]c(=O)c1N. The van der Waals surface area contributed by atoms with Crippen LogP contribution in [0.1, 0.15) is 78.0 Å². The number of fused-ring (bicyclic) bond motifs is 3. The van der Waals surface area contributed by atoms with Gasteiger partial charge in [-0.3, -0.25) is 34.0 Å². The number of aliphatic hydroxyl groups is 3. The number of anilines is 5. The van der Waals surface area contributed by atoms with E-state index in [1.807, 2.05) is 23.6 Å². The smallest absolute Gasteiger partial charge is 0.280 e. The summed E-state index contributed by atoms with van der Waals surface area (Å²) >= 11 is 13.4. The van der Waals surface area contributed by atoms with Crippen molar-refractivity contribution in [2.45, 2.75) is 70.9 Å². The van der Waals surface area contributed by atoms with Gasteiger partial charge in [0.15, 0.2) is 34.8 Å². The summed E-state index contributed by atoms with van der Waals surface area (Å²) in [6, 6.07) is 0. The van der Waals surface area contributed by atoms with Crippen molar-refractivity contribution in [3.63, 3.8) is 0 Å². The van der Waals surface area contributed by atoms with Crippen LogP contribution >= 0.6 is 81.9 Å². The maximum absolute atomic E-state index is 12.6. The molecule has 83 heavy (non-hydrogen) atoms. The zero-order valence-electron chi connectivity index (χ0n) is 45.9. The van der Waals surface area contributed by atoms with E-state index in [1.54, 1.807) is 40.1 Å². The zero-order valence-corrected chi connectivity index (χ0v) is 51.6. The third-order valence-electron chi connectivity index (χ3n) is 12.8. The fraction of sp³-hybridized carbons (Fsp3) is 0.460. The Bertz CT molecular complexity index is 3600. The second-order valence-corrected chi connectivity index (χ2v) is 28.5. The summed E-state index contributed by atoms with van der Waals surface area (Å²) in [4.78, 5) is 90.1. The fourth-order valence-corrected chi connectivity index (χ4v) is 16.2. The molecule has 0 spiro atoms. The van der Waals surface area contributed by atoms with Crippen LogP contribution in [0.15, 0.2) is 53.4 Å². The van der Waals surface area contributed by atoms with Crippen molar-refractivity contribution >= 4 is 144 Å². The van der Waals surface area contributed by atoms with Crippen molar-refractivity contribution in [3.8, 4) is 0 Å². The van der Waals surface area contributed by atoms with Crippen LogP contribution < -0.4 is 43.0 Å². The van der Waals surface area contributed by atoms with Gasteiger partial charge in [-0.15, -0.1) is 22.7 Å². The number of nitrogens with two attached hydrogens (primary N) is 2. The number of Topliss-reactive ketones (excluding diaryl/α,β-unsaturated/α-hetero) is 1. The van der Waals surface area contributed by atoms with Gasteiger partial charge in [0.1, 0.15) is 14.4 Å². The number of aliphatic hydroxyl groups excluding tert-OH is 1. The molecular formula is C50H61N15O11S7. The van der Waals surface area contributed by atoms with Crippen LogP contribution in [-0.4, -0.2) is 174 Å². The zero-order chi connectivity index (χ0) is 59.7. The number of aromatic amines is 2. The van der Waals surface area contributed by atoms with E-state index in [4.69, 9.17) is 42.6 Å². The monoisotopic (exact) mass is 1270 g/mol. The van der Waals surface area contributed by atoms with E-state index in [0.29, 0.717) is 109 Å². The number of amides is 1. The summed E-state index contributed by atoms with van der Waals surface area (Å²) in [7, 11) is 0. The molecule has 7 aliphatic rings. The summed E-state index contributed by atoms with van der Waals surface area (Å²) in [6.45, 7) is 26.3. The molecule has 0 radical (unpaired) electrons. The predicted octanol–water partition coefficient (Wildman–Crippen LogP) is 4.66. The molecule has 0 aromatic carbocycles. The normalized spacial score (nSPS) is 21.0. The van der Waals surface area contributed by atoms with Crippen molar-refractivity contribution in [1.29, 1.82) is 0 Å². The summed E-state index contributed by atoms with van der Waals surface area (Å²) in [6.07, 6.45) is 1.47. The van der Waals surface area contributed by atoms with Gasteiger partial charge in [0, 0.05) is 57.6 Å². The molecule has 0 bridgehead atoms. The van der Waals surface area contributed by atoms with Gasteiger partial charge in [0.2, 0.25) is 24.0 Å². The molecule has 2 unspecified atom stereocenters. The van der Waals surface area contributed by atoms with E-state index < -0.39 is 28.7 Å². The molecule has 444 valence electrons. The number of rotatable bonds is 7. The minimum absolute atomic E-state index is 0.0352. The molecule has 33 heteroatoms. The van der Waals surface area contributed by atoms with Gasteiger partial charge in [-0.1, -0.05) is 72.4 Å². The molecule has 7 aliphatic heterocycles. The maximum atomic E-state index is 12.6. The van der Waals surface area contributed by atoms with Crippen molar-refractivity contribution in [2.75, 3.05) is 105 Å². The highest BCUT2D eigenvalue weighted by Gasteiger charge is 2.41. The van der Waals surface area contributed by atoms with Gasteiger partial charge >= 0.3 is 0 Å². The Morgan fingerprint density at radius 1 is 0.711 bits per heavy atom. The predicted molar refractivity (Wildman–Crippen MR) is 330 cm³/mol. The Labute approximate surface area is 505 Å². The highest BCUT2D eigenvalue weighted by Crippen LogP contribution is 2.56. The lowest BCUT2D eigenvalue weighted by atomic mass is 10.0. The molecule has 5 aromatic rings. The van der Waals surface area contributed by atoms with E-state index in [2.05, 4.69) is 68.6 Å². The second-order valence-electron chi connectivity index (χ2n) is 20.4. The molecule has 12 rings (SSSR count). The molecule has 3 fully saturated rings. The van der Waals surface area contributed by atoms with Crippen molar-refractivity contribution < 1.29 is 43.9 Å². The first-order chi connectivity index (χ1) is 39.2. The van der Waals surface area contributed by atoms with Crippen LogP contribution in [0.5, 0.6) is 0 Å². The average molecular weight is 1270 g/mol. The molecule has 11 N–H and O–H groups in total. The first kappa shape index (κ1) is 62.2. The Morgan fingerprint density at radius 2 is 1.23 bits per heavy atom. The Morgan fingerprint density at radius 3 is 1.78 bits per heavy atom. The molecular weight excluding hydrogens is 1210 g/mol. The van der Waals surface area contributed by atoms with Crippen LogP contribution in [0.4, 0.5) is 29.2 Å². The number of carbonyl (C=O) groups excluding carboxylic acids is 2. The number of nitrogens with one attached hydrogen (secondary N) is 4. The van der Waals surface area contributed by atoms with Gasteiger partial charge in [0.05, 0.1) is 94.2 Å². The number of ketones is 1. The Kier molecular flexibility index (Phi) is 19.2. The van der Waals surface area contributed by atoms with Crippen LogP contribution in [0.2, 0.25) is 0 Å². The third kappa shape index (κ3) is 14.5. The number of hydrogen-bond acceptors (Lipinski definition) is 30. The van der Waals surface area contributed by atoms with Crippen LogP contribution in [0, 0.1) is 3.14 Å². The number of hydrogen-bond donors (Lipinski definition) is 9. The quantitative estimate of drug-likeness (QED) is 0.100. The van der Waals surface area contributed by atoms with E-state index in [9.17, 15) is 34.5 Å². The molecule has 2 atom stereocenters. The van der Waals surface area contributed by atoms with Gasteiger partial charge in [-0.25, -0.2) is 19.9 Å². The maximum Gasteiger partial charge on any atom is 0.280 e. The van der Waals surface area contributed by atoms with Gasteiger partial charge < -0.3 is 66.2 Å². The summed E-state index contributed by atoms with van der Waals surface area (Å²) in [5, 5.41) is 36.5. The molecule has 5 aromatic heterocycles. The van der Waals surface area contributed by atoms with Crippen LogP contribution in [-0.2, 0) is 24.5 Å². The minimum Gasteiger partial charge on any atom is -0.391 e. The lowest BCUT2D eigenvalue weighted by Gasteiger charge is -2.37. The molecule has 12 heterocycles. The van der Waals surface area contributed by atoms with E-state index in [0.717, 1.165) is 46.1 Å². The van der Waals surface area contributed by atoms with Crippen molar-refractivity contribution in [1.82, 2.24) is 50.1 Å². The Hall–Kier alpha value is -5.37. The fourth-order valence-electron chi connectivity index (χ4n) is 8.66. The number of carbonyl (C=O) groups is 2. The van der Waals surface area contributed by atoms with Crippen LogP contribution in [0.3, 0.4) is 0 Å². The van der Waals surface area contributed by atoms with E-state index in [-0.39, 0.29) is 46.3 Å². The minimum atomic E-state index is -1.35. The standard InChI is InChI=1S/C17H19N5O3S2.C17H21N5O3S2.C8H13N5O2.C8H8O3S3/c1-9-26-12(13(27-9)17(2,3)24)10-8-18-14-11(19-10)15(23)21-16(20-14)22-4-6-25-7-5-22;1-9-26-12(13(27-9)17(2,3)24)10-8-18-11-14(19-10)20-16(21-15(11)23)22-4-6-25-7-5-22;9-5-6(10)11-8(12-7(5)14)13-1-3-15-4-2-13;1-8(2)5-4(13-7(12)14-5)3(9)6(10)11-8/h8,24H,1,4-7H2,2-3H3,(H,18,20,21,23);8,16,24H,1,4-7H2,2-3H3,(H,19,20)(H,21,23);1-4,9H2,(H3,10,11,12,14);6,10H,1-2H3. The number of H-pyrrole nitrogens is 2. The van der Waals surface area contributed by atoms with E-state index in [1.165, 1.54) is 69.7 Å². The summed E-state index contributed by atoms with van der Waals surface area (Å²) in [5.74, 6) is 0.813. The molecule has 1 amide bonds. The van der Waals surface area contributed by atoms with Gasteiger partial charge in [-0.2, -0.15) is 9.97 Å². The Balaban J connectivity index is 0.000000139. The molecule has 0 saturated carbocycles. The number of nitrogen functional groups attached to an aromatic ring is 2. The number of morpholine rings is 3. The largest absolute Gasteiger partial charge is 0.391 e. The van der Waals surface area contributed by atoms with Crippen LogP contribution in [0.25, 0.3) is 21.0 Å². The van der Waals surface area contributed by atoms with Crippen molar-refractivity contribution in [2.24, 2.45) is 0 Å². The first-order valence-electron chi connectivity index (χ1n) is 25.7. The third-order valence-corrected chi connectivity index (χ3v) is 21.0. The number of aromatic nitrogens is 8. The highest BCUT2D eigenvalue weighted by atomic mass is 32.2. The molecule has 0 aliphatic carbocycles. The first-order valence-corrected chi connectivity index (χ1v) is 31.0. The number of nitrogens with zero attached hydrogens (tertiary/aromatic N) is 9. The number of thioether (sulfide) groups is 4. The van der Waals surface area contributed by atoms with Gasteiger partial charge in [0.25, 0.3) is 17.0 Å². The lowest BCUT2D eigenvalue weighted by molar-refractivity contribution is -0.155. The summed E-state index contributed by atoms with van der Waals surface area (Å²) < 4.78 is 23.5. The molecule has 26 nitrogen and oxygen atoms in total. The second kappa shape index (κ2) is 25.7. The molecule has 3 saturated heterocycles.